The minimum absolute atomic E-state index is 0.0686. The molecule has 13 heteroatoms. The Labute approximate surface area is 276 Å². The van der Waals surface area contributed by atoms with E-state index in [4.69, 9.17) is 4.74 Å². The molecule has 8 nitrogen and oxygen atoms in total. The average molecular weight is 716 g/mol. The molecule has 0 spiro atoms. The summed E-state index contributed by atoms with van der Waals surface area (Å²) in [5, 5.41) is 10.4. The number of piperazine rings is 1. The van der Waals surface area contributed by atoms with Crippen LogP contribution in [0.2, 0.25) is 0 Å². The van der Waals surface area contributed by atoms with Crippen molar-refractivity contribution in [1.82, 2.24) is 14.5 Å². The number of amides is 1. The molecule has 47 heavy (non-hydrogen) atoms. The largest absolute Gasteiger partial charge is 0.506 e. The number of alkyl halides is 3. The number of carbonyl (C=O) groups is 1. The predicted molar refractivity (Wildman–Crippen MR) is 174 cm³/mol. The van der Waals surface area contributed by atoms with Crippen LogP contribution in [0.1, 0.15) is 43.6 Å². The van der Waals surface area contributed by atoms with Crippen LogP contribution in [-0.4, -0.2) is 57.2 Å². The van der Waals surface area contributed by atoms with Crippen molar-refractivity contribution in [3.8, 4) is 28.3 Å². The Morgan fingerprint density at radius 3 is 2.55 bits per heavy atom. The third-order valence-corrected chi connectivity index (χ3v) is 9.58. The lowest BCUT2D eigenvalue weighted by atomic mass is 9.89. The molecule has 2 aromatic heterocycles. The number of phenols is 1. The summed E-state index contributed by atoms with van der Waals surface area (Å²) in [5.41, 5.74) is -1.31. The summed E-state index contributed by atoms with van der Waals surface area (Å²) in [6, 6.07) is 4.76. The average Bonchev–Trinajstić information content (AvgIpc) is 3.00. The third-order valence-electron chi connectivity index (χ3n) is 8.82. The maximum absolute atomic E-state index is 15.3. The highest BCUT2D eigenvalue weighted by molar-refractivity contribution is 9.10. The van der Waals surface area contributed by atoms with Gasteiger partial charge in [0.15, 0.2) is 11.6 Å². The van der Waals surface area contributed by atoms with Gasteiger partial charge in [0.2, 0.25) is 5.91 Å². The maximum atomic E-state index is 15.3. The maximum Gasteiger partial charge on any atom is 0.431 e. The number of aryl methyl sites for hydroxylation is 1. The highest BCUT2D eigenvalue weighted by Crippen LogP contribution is 2.53. The van der Waals surface area contributed by atoms with Gasteiger partial charge < -0.3 is 19.6 Å². The summed E-state index contributed by atoms with van der Waals surface area (Å²) in [5.74, 6) is -2.26. The Kier molecular flexibility index (Phi) is 8.10. The second kappa shape index (κ2) is 11.7. The Hall–Kier alpha value is -4.39. The molecule has 246 valence electrons. The van der Waals surface area contributed by atoms with Crippen molar-refractivity contribution < 1.29 is 32.2 Å². The van der Waals surface area contributed by atoms with Crippen molar-refractivity contribution in [1.29, 1.82) is 0 Å². The smallest absolute Gasteiger partial charge is 0.431 e. The number of hydrogen-bond acceptors (Lipinski definition) is 6. The first-order valence-electron chi connectivity index (χ1n) is 15.0. The van der Waals surface area contributed by atoms with E-state index in [1.807, 2.05) is 25.7 Å². The number of phenolic OH excluding ortho intramolecular Hbond substituents is 1. The summed E-state index contributed by atoms with van der Waals surface area (Å²) in [6.45, 7) is 11.6. The lowest BCUT2D eigenvalue weighted by Crippen LogP contribution is -2.61. The fraction of sp³-hybridized carbons (Fsp3) is 0.324. The molecular formula is C34H31BrF4N4O4. The SMILES string of the molecule is C=CC(=O)N1CC2COc3c(Br)c(-c4c(C)ccnc4C(C)C)c4c(=O)n(-c5c(O)cccc5F)c(C(F)(F)F)cc4c3N2CC1C. The zero-order chi connectivity index (χ0) is 34.1. The van der Waals surface area contributed by atoms with Crippen LogP contribution in [0.15, 0.2) is 58.5 Å². The number of carbonyl (C=O) groups excluding carboxylic acids is 1. The van der Waals surface area contributed by atoms with Crippen molar-refractivity contribution in [3.05, 3.63) is 86.8 Å². The van der Waals surface area contributed by atoms with Gasteiger partial charge in [-0.2, -0.15) is 13.2 Å². The van der Waals surface area contributed by atoms with Crippen molar-refractivity contribution in [2.24, 2.45) is 0 Å². The molecule has 0 bridgehead atoms. The highest BCUT2D eigenvalue weighted by Gasteiger charge is 2.43. The molecule has 2 aromatic carbocycles. The van der Waals surface area contributed by atoms with E-state index in [1.165, 1.54) is 6.08 Å². The van der Waals surface area contributed by atoms with E-state index in [2.05, 4.69) is 27.5 Å². The van der Waals surface area contributed by atoms with Gasteiger partial charge in [-0.1, -0.05) is 26.5 Å². The minimum atomic E-state index is -5.15. The van der Waals surface area contributed by atoms with E-state index in [1.54, 1.807) is 24.1 Å². The Bertz CT molecular complexity index is 2010. The summed E-state index contributed by atoms with van der Waals surface area (Å²) < 4.78 is 67.0. The van der Waals surface area contributed by atoms with Crippen molar-refractivity contribution >= 4 is 38.3 Å². The predicted octanol–water partition coefficient (Wildman–Crippen LogP) is 7.09. The minimum Gasteiger partial charge on any atom is -0.506 e. The summed E-state index contributed by atoms with van der Waals surface area (Å²) in [7, 11) is 0. The highest BCUT2D eigenvalue weighted by atomic mass is 79.9. The van der Waals surface area contributed by atoms with Crippen LogP contribution in [0.3, 0.4) is 0 Å². The number of anilines is 1. The second-order valence-electron chi connectivity index (χ2n) is 12.1. The first-order chi connectivity index (χ1) is 22.2. The number of hydrogen-bond donors (Lipinski definition) is 1. The molecule has 0 aliphatic carbocycles. The number of ether oxygens (including phenoxy) is 1. The molecule has 0 radical (unpaired) electrons. The van der Waals surface area contributed by atoms with Gasteiger partial charge in [0.25, 0.3) is 5.56 Å². The van der Waals surface area contributed by atoms with E-state index in [-0.39, 0.29) is 69.9 Å². The Balaban J connectivity index is 1.81. The lowest BCUT2D eigenvalue weighted by molar-refractivity contribution is -0.142. The molecule has 2 aliphatic rings. The van der Waals surface area contributed by atoms with Gasteiger partial charge in [0.1, 0.15) is 23.7 Å². The Morgan fingerprint density at radius 2 is 1.91 bits per heavy atom. The van der Waals surface area contributed by atoms with E-state index in [0.717, 1.165) is 24.3 Å². The molecule has 1 amide bonds. The number of pyridine rings is 2. The topological polar surface area (TPSA) is 87.9 Å². The molecule has 4 aromatic rings. The number of rotatable bonds is 4. The van der Waals surface area contributed by atoms with Crippen LogP contribution in [0.25, 0.3) is 27.6 Å². The Morgan fingerprint density at radius 1 is 1.19 bits per heavy atom. The fourth-order valence-corrected chi connectivity index (χ4v) is 7.39. The zero-order valence-corrected chi connectivity index (χ0v) is 27.5. The molecule has 2 unspecified atom stereocenters. The fourth-order valence-electron chi connectivity index (χ4n) is 6.70. The summed E-state index contributed by atoms with van der Waals surface area (Å²) in [4.78, 5) is 35.4. The van der Waals surface area contributed by atoms with Crippen LogP contribution in [0, 0.1) is 12.7 Å². The number of fused-ring (bicyclic) bond motifs is 5. The number of para-hydroxylation sites is 1. The van der Waals surface area contributed by atoms with Crippen molar-refractivity contribution in [3.63, 3.8) is 0 Å². The van der Waals surface area contributed by atoms with Gasteiger partial charge in [-0.25, -0.2) is 4.39 Å². The molecular weight excluding hydrogens is 684 g/mol. The molecule has 2 aliphatic heterocycles. The van der Waals surface area contributed by atoms with Gasteiger partial charge in [-0.3, -0.25) is 19.1 Å². The van der Waals surface area contributed by atoms with E-state index < -0.39 is 40.7 Å². The monoisotopic (exact) mass is 714 g/mol. The molecule has 1 saturated heterocycles. The molecule has 6 rings (SSSR count). The number of halogens is 5. The van der Waals surface area contributed by atoms with Crippen LogP contribution >= 0.6 is 15.9 Å². The first-order valence-corrected chi connectivity index (χ1v) is 15.7. The van der Waals surface area contributed by atoms with Crippen LogP contribution < -0.4 is 15.2 Å². The molecule has 1 fully saturated rings. The van der Waals surface area contributed by atoms with E-state index in [0.29, 0.717) is 21.3 Å². The zero-order valence-electron chi connectivity index (χ0n) is 26.0. The van der Waals surface area contributed by atoms with E-state index >= 15 is 4.39 Å². The van der Waals surface area contributed by atoms with Crippen molar-refractivity contribution in [2.45, 2.75) is 51.9 Å². The first kappa shape index (κ1) is 32.5. The van der Waals surface area contributed by atoms with Gasteiger partial charge in [-0.15, -0.1) is 0 Å². The van der Waals surface area contributed by atoms with Crippen LogP contribution in [0.4, 0.5) is 23.2 Å². The lowest BCUT2D eigenvalue weighted by Gasteiger charge is -2.49. The number of aromatic nitrogens is 2. The molecule has 2 atom stereocenters. The molecule has 4 heterocycles. The van der Waals surface area contributed by atoms with Crippen molar-refractivity contribution in [2.75, 3.05) is 24.6 Å². The van der Waals surface area contributed by atoms with Crippen LogP contribution in [-0.2, 0) is 11.0 Å². The molecule has 1 N–H and O–H groups in total. The van der Waals surface area contributed by atoms with Gasteiger partial charge in [-0.05, 0) is 71.6 Å². The molecule has 0 saturated carbocycles. The quantitative estimate of drug-likeness (QED) is 0.179. The number of nitrogens with zero attached hydrogens (tertiary/aromatic N) is 4. The number of aromatic hydroxyl groups is 1. The number of benzene rings is 2. The summed E-state index contributed by atoms with van der Waals surface area (Å²) >= 11 is 3.67. The standard InChI is InChI=1S/C34H31BrF4N4O4/c1-6-24(45)41-14-19-15-47-32-28(35)27(25-17(4)10-11-40-29(25)16(2)3)26-20(30(32)42(19)13-18(41)5)12-23(34(37,38)39)43(33(26)46)31-21(36)8-7-9-22(31)44/h6-12,16,18-19,44H,1,13-15H2,2-5H3. The van der Waals surface area contributed by atoms with Gasteiger partial charge in [0.05, 0.1) is 27.3 Å². The second-order valence-corrected chi connectivity index (χ2v) is 12.9. The third kappa shape index (κ3) is 5.15. The van der Waals surface area contributed by atoms with Gasteiger partial charge >= 0.3 is 6.18 Å². The van der Waals surface area contributed by atoms with E-state index in [9.17, 15) is 27.9 Å². The van der Waals surface area contributed by atoms with Crippen LogP contribution in [0.5, 0.6) is 11.5 Å². The normalized spacial score (nSPS) is 17.8. The summed E-state index contributed by atoms with van der Waals surface area (Å²) in [6.07, 6.45) is -2.32. The van der Waals surface area contributed by atoms with Gasteiger partial charge in [0, 0.05) is 41.8 Å².